The summed E-state index contributed by atoms with van der Waals surface area (Å²) >= 11 is 14.5. The quantitative estimate of drug-likeness (QED) is 0.458. The Morgan fingerprint density at radius 1 is 1.10 bits per heavy atom. The number of anilines is 1. The predicted molar refractivity (Wildman–Crippen MR) is 119 cm³/mol. The topological polar surface area (TPSA) is 68.2 Å². The SMILES string of the molecule is CCSc1nnc2c(n1)OC(c1c(Cl)cccc1Cl)N(C(=O)CC)c1ccccc1-2. The number of fused-ring (bicyclic) bond motifs is 3. The number of ether oxygens (including phenoxy) is 1. The van der Waals surface area contributed by atoms with Crippen molar-refractivity contribution in [2.75, 3.05) is 10.7 Å². The van der Waals surface area contributed by atoms with Crippen LogP contribution in [0.2, 0.25) is 10.0 Å². The largest absolute Gasteiger partial charge is 0.447 e. The van der Waals surface area contributed by atoms with E-state index in [-0.39, 0.29) is 18.2 Å². The maximum Gasteiger partial charge on any atom is 0.247 e. The average Bonchev–Trinajstić information content (AvgIpc) is 2.88. The smallest absolute Gasteiger partial charge is 0.247 e. The minimum absolute atomic E-state index is 0.146. The zero-order valence-electron chi connectivity index (χ0n) is 16.3. The number of nitrogens with zero attached hydrogens (tertiary/aromatic N) is 4. The summed E-state index contributed by atoms with van der Waals surface area (Å²) < 4.78 is 6.32. The molecule has 1 aliphatic heterocycles. The fraction of sp³-hybridized carbons (Fsp3) is 0.238. The minimum Gasteiger partial charge on any atom is -0.447 e. The van der Waals surface area contributed by atoms with Crippen molar-refractivity contribution >= 4 is 46.6 Å². The number of thioether (sulfide) groups is 1. The summed E-state index contributed by atoms with van der Waals surface area (Å²) in [4.78, 5) is 19.2. The van der Waals surface area contributed by atoms with Crippen molar-refractivity contribution in [1.82, 2.24) is 15.2 Å². The van der Waals surface area contributed by atoms with Crippen LogP contribution in [0.3, 0.4) is 0 Å². The average molecular weight is 461 g/mol. The van der Waals surface area contributed by atoms with Crippen LogP contribution in [0.15, 0.2) is 47.6 Å². The van der Waals surface area contributed by atoms with Crippen molar-refractivity contribution in [1.29, 1.82) is 0 Å². The summed E-state index contributed by atoms with van der Waals surface area (Å²) in [6.07, 6.45) is -0.639. The molecular weight excluding hydrogens is 443 g/mol. The minimum atomic E-state index is -0.905. The maximum absolute atomic E-state index is 13.1. The highest BCUT2D eigenvalue weighted by atomic mass is 35.5. The van der Waals surface area contributed by atoms with E-state index in [4.69, 9.17) is 27.9 Å². The number of hydrogen-bond donors (Lipinski definition) is 0. The lowest BCUT2D eigenvalue weighted by atomic mass is 10.1. The van der Waals surface area contributed by atoms with Crippen LogP contribution >= 0.6 is 35.0 Å². The Morgan fingerprint density at radius 3 is 2.53 bits per heavy atom. The van der Waals surface area contributed by atoms with Crippen LogP contribution in [0.1, 0.15) is 32.1 Å². The Balaban J connectivity index is 2.00. The molecule has 1 amide bonds. The number of hydrogen-bond acceptors (Lipinski definition) is 6. The Hall–Kier alpha value is -2.35. The summed E-state index contributed by atoms with van der Waals surface area (Å²) in [5.41, 5.74) is 2.29. The molecule has 1 unspecified atom stereocenters. The number of amides is 1. The number of carbonyl (C=O) groups excluding carboxylic acids is 1. The van der Waals surface area contributed by atoms with E-state index in [1.54, 1.807) is 30.0 Å². The van der Waals surface area contributed by atoms with Crippen LogP contribution in [0, 0.1) is 0 Å². The van der Waals surface area contributed by atoms with Crippen molar-refractivity contribution in [2.45, 2.75) is 31.7 Å². The van der Waals surface area contributed by atoms with E-state index < -0.39 is 6.23 Å². The van der Waals surface area contributed by atoms with Crippen molar-refractivity contribution in [3.05, 3.63) is 58.1 Å². The standard InChI is InChI=1S/C21H18Cl2N4O2S/c1-3-16(28)27-15-11-6-5-8-12(15)18-19(24-21(26-25-18)30-4-2)29-20(27)17-13(22)9-7-10-14(17)23/h5-11,20H,3-4H2,1-2H3. The summed E-state index contributed by atoms with van der Waals surface area (Å²) in [6, 6.07) is 12.6. The number of carbonyl (C=O) groups is 1. The van der Waals surface area contributed by atoms with Gasteiger partial charge < -0.3 is 4.74 Å². The molecule has 154 valence electrons. The van der Waals surface area contributed by atoms with Gasteiger partial charge in [0.1, 0.15) is 0 Å². The fourth-order valence-electron chi connectivity index (χ4n) is 3.28. The van der Waals surface area contributed by atoms with Gasteiger partial charge in [-0.15, -0.1) is 10.2 Å². The first-order valence-electron chi connectivity index (χ1n) is 9.44. The maximum atomic E-state index is 13.1. The lowest BCUT2D eigenvalue weighted by molar-refractivity contribution is -0.120. The number of benzene rings is 2. The molecule has 30 heavy (non-hydrogen) atoms. The van der Waals surface area contributed by atoms with E-state index in [9.17, 15) is 4.79 Å². The zero-order chi connectivity index (χ0) is 21.3. The van der Waals surface area contributed by atoms with E-state index in [0.717, 1.165) is 5.75 Å². The summed E-state index contributed by atoms with van der Waals surface area (Å²) in [7, 11) is 0. The van der Waals surface area contributed by atoms with Gasteiger partial charge in [-0.05, 0) is 24.0 Å². The molecular formula is C21H18Cl2N4O2S. The molecule has 9 heteroatoms. The molecule has 2 heterocycles. The first-order valence-corrected chi connectivity index (χ1v) is 11.2. The Bertz CT molecular complexity index is 1090. The Labute approximate surface area is 188 Å². The summed E-state index contributed by atoms with van der Waals surface area (Å²) in [5.74, 6) is 0.922. The Kier molecular flexibility index (Phi) is 6.13. The summed E-state index contributed by atoms with van der Waals surface area (Å²) in [5, 5.41) is 9.87. The third-order valence-corrected chi connectivity index (χ3v) is 5.98. The molecule has 0 bridgehead atoms. The second kappa shape index (κ2) is 8.79. The zero-order valence-corrected chi connectivity index (χ0v) is 18.6. The molecule has 0 N–H and O–H groups in total. The van der Waals surface area contributed by atoms with Gasteiger partial charge in [0, 0.05) is 12.0 Å². The molecule has 0 saturated heterocycles. The molecule has 2 aromatic carbocycles. The first kappa shape index (κ1) is 20.9. The summed E-state index contributed by atoms with van der Waals surface area (Å²) in [6.45, 7) is 3.80. The highest BCUT2D eigenvalue weighted by Crippen LogP contribution is 2.46. The second-order valence-corrected chi connectivity index (χ2v) is 8.47. The molecule has 0 saturated carbocycles. The molecule has 1 atom stereocenters. The van der Waals surface area contributed by atoms with E-state index in [2.05, 4.69) is 15.2 Å². The highest BCUT2D eigenvalue weighted by molar-refractivity contribution is 7.99. The third-order valence-electron chi connectivity index (χ3n) is 4.60. The van der Waals surface area contributed by atoms with Crippen LogP contribution < -0.4 is 9.64 Å². The second-order valence-electron chi connectivity index (χ2n) is 6.42. The lowest BCUT2D eigenvalue weighted by Gasteiger charge is -2.31. The number of para-hydroxylation sites is 1. The molecule has 0 spiro atoms. The number of rotatable bonds is 4. The first-order chi connectivity index (χ1) is 14.5. The van der Waals surface area contributed by atoms with E-state index in [0.29, 0.717) is 37.7 Å². The molecule has 3 aromatic rings. The van der Waals surface area contributed by atoms with Gasteiger partial charge in [-0.2, -0.15) is 4.98 Å². The van der Waals surface area contributed by atoms with E-state index in [1.165, 1.54) is 11.8 Å². The van der Waals surface area contributed by atoms with Gasteiger partial charge in [-0.3, -0.25) is 9.69 Å². The molecule has 0 radical (unpaired) electrons. The number of halogens is 2. The van der Waals surface area contributed by atoms with Gasteiger partial charge in [0.25, 0.3) is 0 Å². The van der Waals surface area contributed by atoms with Gasteiger partial charge in [0.2, 0.25) is 23.2 Å². The van der Waals surface area contributed by atoms with Crippen LogP contribution in [0.4, 0.5) is 5.69 Å². The third kappa shape index (κ3) is 3.73. The van der Waals surface area contributed by atoms with Crippen molar-refractivity contribution < 1.29 is 9.53 Å². The highest BCUT2D eigenvalue weighted by Gasteiger charge is 2.37. The normalized spacial score (nSPS) is 15.1. The van der Waals surface area contributed by atoms with E-state index in [1.807, 2.05) is 31.2 Å². The molecule has 0 fully saturated rings. The van der Waals surface area contributed by atoms with E-state index >= 15 is 0 Å². The Morgan fingerprint density at radius 2 is 1.83 bits per heavy atom. The van der Waals surface area contributed by atoms with Gasteiger partial charge in [-0.1, -0.05) is 73.1 Å². The molecule has 4 rings (SSSR count). The van der Waals surface area contributed by atoms with Crippen molar-refractivity contribution in [3.8, 4) is 17.1 Å². The van der Waals surface area contributed by atoms with Crippen LogP contribution in [-0.4, -0.2) is 26.8 Å². The molecule has 6 nitrogen and oxygen atoms in total. The van der Waals surface area contributed by atoms with Gasteiger partial charge in [-0.25, -0.2) is 0 Å². The van der Waals surface area contributed by atoms with Gasteiger partial charge >= 0.3 is 0 Å². The van der Waals surface area contributed by atoms with Crippen LogP contribution in [0.25, 0.3) is 11.3 Å². The van der Waals surface area contributed by atoms with Gasteiger partial charge in [0.05, 0.1) is 21.3 Å². The fourth-order valence-corrected chi connectivity index (χ4v) is 4.37. The molecule has 1 aliphatic rings. The number of aromatic nitrogens is 3. The lowest BCUT2D eigenvalue weighted by Crippen LogP contribution is -2.37. The predicted octanol–water partition coefficient (Wildman–Crippen LogP) is 5.79. The van der Waals surface area contributed by atoms with Gasteiger partial charge in [0.15, 0.2) is 5.69 Å². The van der Waals surface area contributed by atoms with Crippen LogP contribution in [-0.2, 0) is 4.79 Å². The van der Waals surface area contributed by atoms with Crippen molar-refractivity contribution in [3.63, 3.8) is 0 Å². The molecule has 0 aliphatic carbocycles. The van der Waals surface area contributed by atoms with Crippen LogP contribution in [0.5, 0.6) is 5.88 Å². The van der Waals surface area contributed by atoms with Crippen molar-refractivity contribution in [2.24, 2.45) is 0 Å². The monoisotopic (exact) mass is 460 g/mol. The molecule has 1 aromatic heterocycles.